The van der Waals surface area contributed by atoms with Gasteiger partial charge in [0.25, 0.3) is 0 Å². The van der Waals surface area contributed by atoms with Gasteiger partial charge < -0.3 is 0 Å². The van der Waals surface area contributed by atoms with Crippen LogP contribution in [0.5, 0.6) is 0 Å². The van der Waals surface area contributed by atoms with Gasteiger partial charge in [-0.05, 0) is 12.1 Å². The minimum absolute atomic E-state index is 0.171. The summed E-state index contributed by atoms with van der Waals surface area (Å²) in [5, 5.41) is 0. The zero-order valence-electron chi connectivity index (χ0n) is 6.40. The topological polar surface area (TPSA) is 0 Å². The molecular formula is C6H6AlBCl3F. The number of rotatable bonds is 0. The van der Waals surface area contributed by atoms with Crippen LogP contribution in [0.3, 0.4) is 0 Å². The fraction of sp³-hybridized carbons (Fsp3) is 0. The summed E-state index contributed by atoms with van der Waals surface area (Å²) in [4.78, 5) is 0. The number of halogens is 4. The Kier molecular flexibility index (Phi) is 7.43. The van der Waals surface area contributed by atoms with Crippen molar-refractivity contribution in [1.82, 2.24) is 0 Å². The van der Waals surface area contributed by atoms with E-state index in [2.05, 4.69) is 0 Å². The summed E-state index contributed by atoms with van der Waals surface area (Å²) in [6.45, 7) is 0. The predicted octanol–water partition coefficient (Wildman–Crippen LogP) is 1.77. The van der Waals surface area contributed by atoms with Gasteiger partial charge in [-0.25, -0.2) is 34.5 Å². The van der Waals surface area contributed by atoms with Gasteiger partial charge in [-0.3, -0.25) is 0 Å². The normalized spacial score (nSPS) is 8.33. The van der Waals surface area contributed by atoms with E-state index in [0.29, 0.717) is 0 Å². The van der Waals surface area contributed by atoms with E-state index >= 15 is 0 Å². The maximum atomic E-state index is 12.1. The molecule has 0 saturated carbocycles. The molecule has 0 heterocycles. The lowest BCUT2D eigenvalue weighted by Gasteiger charge is -1.87. The average Bonchev–Trinajstić information content (AvgIpc) is 1.94. The van der Waals surface area contributed by atoms with E-state index in [1.165, 1.54) is 12.1 Å². The number of hydrogen-bond acceptors (Lipinski definition) is 0. The van der Waals surface area contributed by atoms with Crippen LogP contribution in [0, 0.1) is 5.82 Å². The van der Waals surface area contributed by atoms with E-state index in [4.69, 9.17) is 30.1 Å². The van der Waals surface area contributed by atoms with Gasteiger partial charge in [0, 0.05) is 0 Å². The van der Waals surface area contributed by atoms with Crippen LogP contribution >= 0.6 is 30.1 Å². The summed E-state index contributed by atoms with van der Waals surface area (Å²) in [7, 11) is 16.8. The van der Waals surface area contributed by atoms with Crippen molar-refractivity contribution >= 4 is 54.8 Å². The third-order valence-electron chi connectivity index (χ3n) is 1.01. The highest BCUT2D eigenvalue weighted by Crippen LogP contribution is 1.97. The molecule has 0 amide bonds. The highest BCUT2D eigenvalue weighted by atomic mass is 35.8. The average molecular weight is 241 g/mol. The molecule has 0 radical (unpaired) electrons. The monoisotopic (exact) mass is 240 g/mol. The van der Waals surface area contributed by atoms with E-state index in [-0.39, 0.29) is 5.82 Å². The fourth-order valence-electron chi connectivity index (χ4n) is 0.533. The van der Waals surface area contributed by atoms with Crippen molar-refractivity contribution in [3.05, 3.63) is 30.1 Å². The van der Waals surface area contributed by atoms with Crippen LogP contribution in [-0.2, 0) is 0 Å². The molecule has 0 aromatic heterocycles. The molecule has 0 atom stereocenters. The standard InChI is InChI=1S/C6H6BF.Al.3ClH/c7-5-1-3-6(8)4-2-5;;;;/h1-4H,7H2;;3*1H/q;+3;;;/p-3. The second-order valence-electron chi connectivity index (χ2n) is 2.04. The first-order valence-electron chi connectivity index (χ1n) is 3.17. The van der Waals surface area contributed by atoms with Crippen molar-refractivity contribution in [2.45, 2.75) is 0 Å². The first-order chi connectivity index (χ1) is 5.52. The summed E-state index contributed by atoms with van der Waals surface area (Å²) < 4.78 is 12.1. The Balaban J connectivity index is 0.000000261. The molecule has 1 rings (SSSR count). The zero-order chi connectivity index (χ0) is 9.56. The van der Waals surface area contributed by atoms with Gasteiger partial charge in [-0.2, -0.15) is 0 Å². The highest BCUT2D eigenvalue weighted by Gasteiger charge is 2.00. The quantitative estimate of drug-likeness (QED) is 0.607. The van der Waals surface area contributed by atoms with Crippen molar-refractivity contribution in [2.24, 2.45) is 0 Å². The predicted molar refractivity (Wildman–Crippen MR) is 57.9 cm³/mol. The van der Waals surface area contributed by atoms with Crippen LogP contribution in [-0.4, -0.2) is 19.2 Å². The van der Waals surface area contributed by atoms with Gasteiger partial charge in [-0.15, -0.1) is 0 Å². The maximum Gasteiger partial charge on any atom is 0.643 e. The Labute approximate surface area is 89.0 Å². The first kappa shape index (κ1) is 12.6. The van der Waals surface area contributed by atoms with Crippen LogP contribution in [0.25, 0.3) is 0 Å². The molecule has 6 heteroatoms. The Morgan fingerprint density at radius 2 is 1.42 bits per heavy atom. The molecule has 0 aliphatic heterocycles. The van der Waals surface area contributed by atoms with E-state index in [9.17, 15) is 4.39 Å². The van der Waals surface area contributed by atoms with Crippen LogP contribution in [0.15, 0.2) is 24.3 Å². The maximum absolute atomic E-state index is 12.1. The summed E-state index contributed by atoms with van der Waals surface area (Å²) in [6.07, 6.45) is 0. The fourth-order valence-corrected chi connectivity index (χ4v) is 0.533. The van der Waals surface area contributed by atoms with Crippen LogP contribution in [0.4, 0.5) is 4.39 Å². The molecule has 0 fully saturated rings. The minimum atomic E-state index is -1.72. The summed E-state index contributed by atoms with van der Waals surface area (Å²) in [5.41, 5.74) is 1.09. The molecule has 0 N–H and O–H groups in total. The van der Waals surface area contributed by atoms with E-state index in [1.54, 1.807) is 12.1 Å². The molecule has 0 bridgehead atoms. The molecule has 0 aliphatic carbocycles. The Morgan fingerprint density at radius 3 is 1.67 bits per heavy atom. The molecule has 1 aromatic rings. The lowest BCUT2D eigenvalue weighted by atomic mass is 9.97. The summed E-state index contributed by atoms with van der Waals surface area (Å²) >= 11 is -1.72. The first-order valence-corrected chi connectivity index (χ1v) is 8.40. The molecular weight excluding hydrogens is 235 g/mol. The molecule has 1 aromatic carbocycles. The number of hydrogen-bond donors (Lipinski definition) is 0. The van der Waals surface area contributed by atoms with Gasteiger partial charge in [0.2, 0.25) is 0 Å². The van der Waals surface area contributed by atoms with Crippen LogP contribution in [0.2, 0.25) is 0 Å². The molecule has 12 heavy (non-hydrogen) atoms. The largest absolute Gasteiger partial charge is 0.643 e. The van der Waals surface area contributed by atoms with E-state index in [1.807, 2.05) is 7.85 Å². The molecule has 0 spiro atoms. The lowest BCUT2D eigenvalue weighted by Crippen LogP contribution is -1.98. The second-order valence-corrected chi connectivity index (χ2v) is 8.48. The second kappa shape index (κ2) is 7.06. The SMILES string of the molecule is Bc1ccc(F)cc1.[Cl][Al]([Cl])[Cl]. The molecule has 0 saturated heterocycles. The summed E-state index contributed by atoms with van der Waals surface area (Å²) in [5.74, 6) is -0.171. The smallest absolute Gasteiger partial charge is 0.214 e. The minimum Gasteiger partial charge on any atom is -0.214 e. The van der Waals surface area contributed by atoms with Crippen molar-refractivity contribution in [3.63, 3.8) is 0 Å². The lowest BCUT2D eigenvalue weighted by molar-refractivity contribution is 0.628. The van der Waals surface area contributed by atoms with Crippen LogP contribution in [0.1, 0.15) is 0 Å². The Bertz CT molecular complexity index is 193. The molecule has 64 valence electrons. The van der Waals surface area contributed by atoms with Gasteiger partial charge >= 0.3 is 11.4 Å². The van der Waals surface area contributed by atoms with Crippen molar-refractivity contribution in [1.29, 1.82) is 0 Å². The van der Waals surface area contributed by atoms with Gasteiger partial charge in [0.05, 0.1) is 0 Å². The number of benzene rings is 1. The van der Waals surface area contributed by atoms with Crippen molar-refractivity contribution < 1.29 is 4.39 Å². The van der Waals surface area contributed by atoms with Crippen LogP contribution < -0.4 is 5.46 Å². The van der Waals surface area contributed by atoms with E-state index < -0.39 is 11.4 Å². The summed E-state index contributed by atoms with van der Waals surface area (Å²) in [6, 6.07) is 6.40. The van der Waals surface area contributed by atoms with Gasteiger partial charge in [0.15, 0.2) is 0 Å². The van der Waals surface area contributed by atoms with Crippen molar-refractivity contribution in [2.75, 3.05) is 0 Å². The Morgan fingerprint density at radius 1 is 1.08 bits per heavy atom. The van der Waals surface area contributed by atoms with E-state index in [0.717, 1.165) is 5.46 Å². The third-order valence-corrected chi connectivity index (χ3v) is 1.01. The van der Waals surface area contributed by atoms with Gasteiger partial charge in [-0.1, -0.05) is 17.6 Å². The third kappa shape index (κ3) is 8.71. The van der Waals surface area contributed by atoms with Crippen molar-refractivity contribution in [3.8, 4) is 0 Å². The molecule has 0 aliphatic rings. The Hall–Kier alpha value is 0.617. The highest BCUT2D eigenvalue weighted by molar-refractivity contribution is 7.54. The zero-order valence-corrected chi connectivity index (χ0v) is 9.82. The van der Waals surface area contributed by atoms with Gasteiger partial charge in [0.1, 0.15) is 13.7 Å². The molecule has 0 nitrogen and oxygen atoms in total. The molecule has 0 unspecified atom stereocenters.